The molecule has 1 N–H and O–H groups in total. The minimum absolute atomic E-state index is 0.0999. The molecule has 0 rings (SSSR count). The first kappa shape index (κ1) is 10.7. The summed E-state index contributed by atoms with van der Waals surface area (Å²) in [6, 6.07) is 0. The van der Waals surface area contributed by atoms with Crippen LogP contribution < -0.4 is 0 Å². The zero-order chi connectivity index (χ0) is 8.91. The van der Waals surface area contributed by atoms with E-state index in [2.05, 4.69) is 23.4 Å². The van der Waals surface area contributed by atoms with E-state index in [0.717, 1.165) is 0 Å². The predicted molar refractivity (Wildman–Crippen MR) is 39.5 cm³/mol. The van der Waals surface area contributed by atoms with Crippen LogP contribution in [0.3, 0.4) is 0 Å². The minimum atomic E-state index is -3.53. The molecule has 64 valence electrons. The number of rotatable bonds is 3. The molecule has 1 atom stereocenters. The molecule has 0 aliphatic carbocycles. The highest BCUT2D eigenvalue weighted by Gasteiger charge is 2.34. The van der Waals surface area contributed by atoms with Gasteiger partial charge in [0.1, 0.15) is 6.10 Å². The fourth-order valence-electron chi connectivity index (χ4n) is 0.498. The Bertz CT molecular complexity index is 166. The van der Waals surface area contributed by atoms with Crippen LogP contribution in [-0.2, 0) is 0 Å². The summed E-state index contributed by atoms with van der Waals surface area (Å²) in [6.07, 6.45) is -1.66. The average molecular weight is 183 g/mol. The molecule has 0 saturated heterocycles. The molecule has 0 aliphatic heterocycles. The van der Waals surface area contributed by atoms with E-state index < -0.39 is 11.5 Å². The summed E-state index contributed by atoms with van der Waals surface area (Å²) in [5.41, 5.74) is 0. The van der Waals surface area contributed by atoms with Crippen molar-refractivity contribution in [2.75, 3.05) is 0 Å². The quantitative estimate of drug-likeness (QED) is 0.523. The van der Waals surface area contributed by atoms with Crippen molar-refractivity contribution >= 4 is 11.6 Å². The van der Waals surface area contributed by atoms with Crippen molar-refractivity contribution in [3.63, 3.8) is 0 Å². The van der Waals surface area contributed by atoms with Crippen LogP contribution >= 0.6 is 11.6 Å². The zero-order valence-electron chi connectivity index (χ0n) is 6.07. The van der Waals surface area contributed by atoms with Crippen LogP contribution in [0, 0.1) is 11.8 Å². The van der Waals surface area contributed by atoms with Gasteiger partial charge in [0.15, 0.2) is 0 Å². The number of aliphatic hydroxyl groups is 1. The van der Waals surface area contributed by atoms with Gasteiger partial charge < -0.3 is 5.11 Å². The predicted octanol–water partition coefficient (Wildman–Crippen LogP) is 1.98. The van der Waals surface area contributed by atoms with Crippen LogP contribution in [0.1, 0.15) is 19.8 Å². The first-order valence-corrected chi connectivity index (χ1v) is 3.50. The van der Waals surface area contributed by atoms with Gasteiger partial charge in [-0.15, -0.1) is 11.8 Å². The zero-order valence-corrected chi connectivity index (χ0v) is 6.83. The molecule has 1 unspecified atom stereocenters. The van der Waals surface area contributed by atoms with Crippen LogP contribution in [0.4, 0.5) is 8.78 Å². The number of hydrogen-bond acceptors (Lipinski definition) is 1. The van der Waals surface area contributed by atoms with E-state index in [0.29, 0.717) is 0 Å². The van der Waals surface area contributed by atoms with Crippen LogP contribution in [0.25, 0.3) is 0 Å². The van der Waals surface area contributed by atoms with Crippen LogP contribution in [0.15, 0.2) is 0 Å². The van der Waals surface area contributed by atoms with Gasteiger partial charge in [-0.3, -0.25) is 0 Å². The lowest BCUT2D eigenvalue weighted by Crippen LogP contribution is -2.26. The smallest absolute Gasteiger partial charge is 0.347 e. The summed E-state index contributed by atoms with van der Waals surface area (Å²) in [5.74, 6) is 5.07. The molecule has 0 aromatic heterocycles. The number of halogens is 3. The van der Waals surface area contributed by atoms with Crippen molar-refractivity contribution in [1.29, 1.82) is 0 Å². The van der Waals surface area contributed by atoms with Gasteiger partial charge in [-0.2, -0.15) is 8.78 Å². The van der Waals surface area contributed by atoms with Gasteiger partial charge in [-0.25, -0.2) is 0 Å². The largest absolute Gasteiger partial charge is 0.385 e. The van der Waals surface area contributed by atoms with E-state index in [1.165, 1.54) is 0 Å². The first-order valence-electron chi connectivity index (χ1n) is 3.13. The van der Waals surface area contributed by atoms with Crippen molar-refractivity contribution in [3.8, 4) is 11.8 Å². The molecular formula is C7H9ClF2O. The molecule has 11 heavy (non-hydrogen) atoms. The Hall–Kier alpha value is -0.330. The van der Waals surface area contributed by atoms with Gasteiger partial charge in [-0.1, -0.05) is 0 Å². The number of hydrogen-bond donors (Lipinski definition) is 1. The number of aliphatic hydroxyl groups excluding tert-OH is 1. The third-order valence-electron chi connectivity index (χ3n) is 1.10. The molecule has 4 heteroatoms. The topological polar surface area (TPSA) is 20.2 Å². The molecular weight excluding hydrogens is 174 g/mol. The highest BCUT2D eigenvalue weighted by molar-refractivity contribution is 6.22. The normalized spacial score (nSPS) is 13.5. The molecule has 0 radical (unpaired) electrons. The van der Waals surface area contributed by atoms with E-state index in [4.69, 9.17) is 5.11 Å². The van der Waals surface area contributed by atoms with E-state index in [-0.39, 0.29) is 12.8 Å². The van der Waals surface area contributed by atoms with E-state index in [1.807, 2.05) is 0 Å². The second kappa shape index (κ2) is 4.53. The second-order valence-electron chi connectivity index (χ2n) is 2.02. The molecule has 0 aliphatic rings. The van der Waals surface area contributed by atoms with Gasteiger partial charge in [-0.05, 0) is 24.9 Å². The monoisotopic (exact) mass is 182 g/mol. The minimum Gasteiger partial charge on any atom is -0.385 e. The standard InChI is InChI=1S/C7H9ClF2O/c1-2-3-4-5-6(11)7(8,9)10/h6,11H,4-5H2,1H3. The summed E-state index contributed by atoms with van der Waals surface area (Å²) in [6.45, 7) is 1.60. The molecule has 1 nitrogen and oxygen atoms in total. The Kier molecular flexibility index (Phi) is 4.39. The van der Waals surface area contributed by atoms with Crippen molar-refractivity contribution in [3.05, 3.63) is 0 Å². The lowest BCUT2D eigenvalue weighted by atomic mass is 10.2. The van der Waals surface area contributed by atoms with E-state index >= 15 is 0 Å². The Balaban J connectivity index is 3.67. The third-order valence-corrected chi connectivity index (χ3v) is 1.35. The van der Waals surface area contributed by atoms with Crippen LogP contribution in [-0.4, -0.2) is 16.6 Å². The molecule has 0 spiro atoms. The summed E-state index contributed by atoms with van der Waals surface area (Å²) in [7, 11) is 0. The van der Waals surface area contributed by atoms with Gasteiger partial charge >= 0.3 is 5.38 Å². The maximum Gasteiger partial charge on any atom is 0.347 e. The molecule has 0 heterocycles. The molecule has 0 aromatic carbocycles. The SMILES string of the molecule is CC#CCCC(O)C(F)(F)Cl. The molecule has 0 fully saturated rings. The molecule has 0 bridgehead atoms. The fourth-order valence-corrected chi connectivity index (χ4v) is 0.607. The van der Waals surface area contributed by atoms with Crippen molar-refractivity contribution in [2.45, 2.75) is 31.3 Å². The Morgan fingerprint density at radius 3 is 2.55 bits per heavy atom. The highest BCUT2D eigenvalue weighted by atomic mass is 35.5. The molecule has 0 saturated carbocycles. The van der Waals surface area contributed by atoms with E-state index in [9.17, 15) is 8.78 Å². The number of alkyl halides is 3. The third kappa shape index (κ3) is 5.00. The maximum atomic E-state index is 12.0. The van der Waals surface area contributed by atoms with Crippen molar-refractivity contribution in [1.82, 2.24) is 0 Å². The second-order valence-corrected chi connectivity index (χ2v) is 2.53. The summed E-state index contributed by atoms with van der Waals surface area (Å²) in [4.78, 5) is 0. The Morgan fingerprint density at radius 1 is 1.64 bits per heavy atom. The lowest BCUT2D eigenvalue weighted by Gasteiger charge is -2.13. The maximum absolute atomic E-state index is 12.0. The highest BCUT2D eigenvalue weighted by Crippen LogP contribution is 2.25. The fraction of sp³-hybridized carbons (Fsp3) is 0.714. The van der Waals surface area contributed by atoms with Crippen molar-refractivity contribution in [2.24, 2.45) is 0 Å². The summed E-state index contributed by atoms with van der Waals surface area (Å²) < 4.78 is 24.0. The summed E-state index contributed by atoms with van der Waals surface area (Å²) >= 11 is 4.53. The van der Waals surface area contributed by atoms with Crippen LogP contribution in [0.2, 0.25) is 0 Å². The van der Waals surface area contributed by atoms with Gasteiger partial charge in [0.25, 0.3) is 0 Å². The van der Waals surface area contributed by atoms with Gasteiger partial charge in [0.2, 0.25) is 0 Å². The lowest BCUT2D eigenvalue weighted by molar-refractivity contribution is -0.0434. The van der Waals surface area contributed by atoms with Crippen molar-refractivity contribution < 1.29 is 13.9 Å². The Morgan fingerprint density at radius 2 is 2.18 bits per heavy atom. The summed E-state index contributed by atoms with van der Waals surface area (Å²) in [5, 5.41) is 5.13. The van der Waals surface area contributed by atoms with E-state index in [1.54, 1.807) is 6.92 Å². The molecule has 0 aromatic rings. The van der Waals surface area contributed by atoms with Crippen LogP contribution in [0.5, 0.6) is 0 Å². The van der Waals surface area contributed by atoms with Gasteiger partial charge in [0.05, 0.1) is 0 Å². The Labute approximate surface area is 69.4 Å². The molecule has 0 amide bonds. The van der Waals surface area contributed by atoms with Gasteiger partial charge in [0, 0.05) is 6.42 Å². The average Bonchev–Trinajstić information content (AvgIpc) is 1.86. The first-order chi connectivity index (χ1) is 4.98.